The Hall–Kier alpha value is -2.48. The molecule has 4 heterocycles. The van der Waals surface area contributed by atoms with Crippen LogP contribution in [0.5, 0.6) is 0 Å². The number of imidazole rings is 2. The number of aromatic amines is 1. The van der Waals surface area contributed by atoms with Gasteiger partial charge in [0.1, 0.15) is 17.5 Å². The average Bonchev–Trinajstić information content (AvgIpc) is 3.10. The summed E-state index contributed by atoms with van der Waals surface area (Å²) >= 11 is 3.45. The van der Waals surface area contributed by atoms with Crippen LogP contribution in [0.25, 0.3) is 16.8 Å². The third-order valence-electron chi connectivity index (χ3n) is 3.12. The Morgan fingerprint density at radius 2 is 2.14 bits per heavy atom. The van der Waals surface area contributed by atoms with Gasteiger partial charge in [-0.1, -0.05) is 0 Å². The van der Waals surface area contributed by atoms with E-state index in [4.69, 9.17) is 0 Å². The maximum Gasteiger partial charge on any atom is 0.182 e. The highest BCUT2D eigenvalue weighted by atomic mass is 79.9. The van der Waals surface area contributed by atoms with E-state index in [1.54, 1.807) is 6.33 Å². The number of hydrogen-bond acceptors (Lipinski definition) is 5. The van der Waals surface area contributed by atoms with E-state index >= 15 is 0 Å². The zero-order valence-corrected chi connectivity index (χ0v) is 12.4. The summed E-state index contributed by atoms with van der Waals surface area (Å²) in [5, 5.41) is 3.26. The first-order valence-corrected chi connectivity index (χ1v) is 7.10. The van der Waals surface area contributed by atoms with Gasteiger partial charge in [0.2, 0.25) is 0 Å². The molecule has 0 aliphatic carbocycles. The lowest BCUT2D eigenvalue weighted by atomic mass is 10.4. The Morgan fingerprint density at radius 1 is 1.19 bits per heavy atom. The fraction of sp³-hybridized carbons (Fsp3) is 0.0769. The topological polar surface area (TPSA) is 83.8 Å². The monoisotopic (exact) mass is 343 g/mol. The molecule has 0 saturated carbocycles. The van der Waals surface area contributed by atoms with Crippen molar-refractivity contribution in [2.75, 3.05) is 5.32 Å². The molecule has 0 aromatic carbocycles. The normalized spacial score (nSPS) is 11.3. The van der Waals surface area contributed by atoms with E-state index in [1.165, 1.54) is 6.33 Å². The average molecular weight is 344 g/mol. The summed E-state index contributed by atoms with van der Waals surface area (Å²) < 4.78 is 2.99. The molecule has 8 heteroatoms. The number of hydrogen-bond donors (Lipinski definition) is 2. The number of H-pyrrole nitrogens is 1. The molecule has 4 aromatic rings. The third-order valence-corrected chi connectivity index (χ3v) is 3.59. The van der Waals surface area contributed by atoms with Crippen molar-refractivity contribution >= 4 is 38.6 Å². The minimum absolute atomic E-state index is 0.574. The van der Waals surface area contributed by atoms with E-state index in [2.05, 4.69) is 46.2 Å². The predicted octanol–water partition coefficient (Wildman–Crippen LogP) is 2.38. The van der Waals surface area contributed by atoms with Gasteiger partial charge in [-0.2, -0.15) is 0 Å². The summed E-state index contributed by atoms with van der Waals surface area (Å²) in [6.45, 7) is 0.574. The number of anilines is 1. The second-order valence-electron chi connectivity index (χ2n) is 4.52. The number of fused-ring (bicyclic) bond motifs is 2. The summed E-state index contributed by atoms with van der Waals surface area (Å²) in [6.07, 6.45) is 7.06. The number of pyridine rings is 1. The summed E-state index contributed by atoms with van der Waals surface area (Å²) in [7, 11) is 0. The van der Waals surface area contributed by atoms with Crippen LogP contribution in [0, 0.1) is 0 Å². The number of aromatic nitrogens is 6. The van der Waals surface area contributed by atoms with Gasteiger partial charge in [0.15, 0.2) is 11.5 Å². The summed E-state index contributed by atoms with van der Waals surface area (Å²) in [5.74, 6) is 0.718. The van der Waals surface area contributed by atoms with Crippen LogP contribution in [-0.4, -0.2) is 29.3 Å². The highest BCUT2D eigenvalue weighted by Gasteiger charge is 2.07. The Bertz CT molecular complexity index is 926. The molecule has 7 nitrogen and oxygen atoms in total. The molecule has 2 N–H and O–H groups in total. The Balaban J connectivity index is 1.61. The molecular weight excluding hydrogens is 334 g/mol. The van der Waals surface area contributed by atoms with E-state index in [0.29, 0.717) is 12.2 Å². The number of halogens is 1. The van der Waals surface area contributed by atoms with Gasteiger partial charge in [0, 0.05) is 16.9 Å². The molecule has 104 valence electrons. The van der Waals surface area contributed by atoms with Crippen LogP contribution in [0.15, 0.2) is 41.7 Å². The second kappa shape index (κ2) is 4.81. The SMILES string of the molecule is Brc1ccc2nc(CNc3ncnc4nc[nH]c34)cn2c1. The van der Waals surface area contributed by atoms with Gasteiger partial charge in [-0.15, -0.1) is 0 Å². The Labute approximate surface area is 127 Å². The van der Waals surface area contributed by atoms with Gasteiger partial charge >= 0.3 is 0 Å². The van der Waals surface area contributed by atoms with Crippen LogP contribution in [0.4, 0.5) is 5.82 Å². The van der Waals surface area contributed by atoms with Crippen molar-refractivity contribution in [2.45, 2.75) is 6.54 Å². The van der Waals surface area contributed by atoms with Crippen LogP contribution in [0.2, 0.25) is 0 Å². The molecule has 0 saturated heterocycles. The predicted molar refractivity (Wildman–Crippen MR) is 81.9 cm³/mol. The molecular formula is C13H10BrN7. The summed E-state index contributed by atoms with van der Waals surface area (Å²) in [4.78, 5) is 20.0. The second-order valence-corrected chi connectivity index (χ2v) is 5.44. The first-order chi connectivity index (χ1) is 10.3. The highest BCUT2D eigenvalue weighted by molar-refractivity contribution is 9.10. The van der Waals surface area contributed by atoms with E-state index in [0.717, 1.165) is 27.1 Å². The summed E-state index contributed by atoms with van der Waals surface area (Å²) in [6, 6.07) is 3.93. The van der Waals surface area contributed by atoms with Crippen molar-refractivity contribution in [1.82, 2.24) is 29.3 Å². The molecule has 21 heavy (non-hydrogen) atoms. The lowest BCUT2D eigenvalue weighted by Gasteiger charge is -2.03. The fourth-order valence-corrected chi connectivity index (χ4v) is 2.53. The van der Waals surface area contributed by atoms with Crippen LogP contribution < -0.4 is 5.32 Å². The lowest BCUT2D eigenvalue weighted by Crippen LogP contribution is -2.02. The molecule has 0 unspecified atom stereocenters. The quantitative estimate of drug-likeness (QED) is 0.596. The van der Waals surface area contributed by atoms with Crippen molar-refractivity contribution < 1.29 is 0 Å². The Morgan fingerprint density at radius 3 is 3.10 bits per heavy atom. The van der Waals surface area contributed by atoms with Crippen molar-refractivity contribution in [1.29, 1.82) is 0 Å². The number of nitrogens with zero attached hydrogens (tertiary/aromatic N) is 5. The molecule has 0 aliphatic heterocycles. The van der Waals surface area contributed by atoms with Crippen molar-refractivity contribution in [3.05, 3.63) is 47.3 Å². The van der Waals surface area contributed by atoms with E-state index in [-0.39, 0.29) is 0 Å². The maximum absolute atomic E-state index is 4.55. The lowest BCUT2D eigenvalue weighted by molar-refractivity contribution is 1.05. The molecule has 0 spiro atoms. The molecule has 0 fully saturated rings. The van der Waals surface area contributed by atoms with Gasteiger partial charge in [0.05, 0.1) is 18.6 Å². The van der Waals surface area contributed by atoms with Crippen molar-refractivity contribution in [3.63, 3.8) is 0 Å². The molecule has 0 radical (unpaired) electrons. The zero-order chi connectivity index (χ0) is 14.2. The maximum atomic E-state index is 4.55. The largest absolute Gasteiger partial charge is 0.362 e. The Kier molecular flexibility index (Phi) is 2.81. The van der Waals surface area contributed by atoms with Crippen LogP contribution in [0.3, 0.4) is 0 Å². The first-order valence-electron chi connectivity index (χ1n) is 6.31. The molecule has 4 aromatic heterocycles. The van der Waals surface area contributed by atoms with Crippen molar-refractivity contribution in [2.24, 2.45) is 0 Å². The van der Waals surface area contributed by atoms with Gasteiger partial charge in [-0.25, -0.2) is 19.9 Å². The van der Waals surface area contributed by atoms with Crippen molar-refractivity contribution in [3.8, 4) is 0 Å². The van der Waals surface area contributed by atoms with E-state index < -0.39 is 0 Å². The molecule has 0 atom stereocenters. The minimum Gasteiger partial charge on any atom is -0.362 e. The van der Waals surface area contributed by atoms with Gasteiger partial charge in [-0.3, -0.25) is 0 Å². The molecule has 0 bridgehead atoms. The van der Waals surface area contributed by atoms with Crippen LogP contribution in [-0.2, 0) is 6.54 Å². The smallest absolute Gasteiger partial charge is 0.182 e. The standard InChI is InChI=1S/C13H10BrN7/c14-8-1-2-10-20-9(5-21(10)4-8)3-15-12-11-13(17-6-16-11)19-7-18-12/h1-2,4-7H,3H2,(H2,15,16,17,18,19). The number of rotatable bonds is 3. The van der Waals surface area contributed by atoms with Crippen LogP contribution >= 0.6 is 15.9 Å². The molecule has 0 aliphatic rings. The van der Waals surface area contributed by atoms with Gasteiger partial charge < -0.3 is 14.7 Å². The third kappa shape index (κ3) is 2.23. The first kappa shape index (κ1) is 12.3. The minimum atomic E-state index is 0.574. The zero-order valence-electron chi connectivity index (χ0n) is 10.8. The van der Waals surface area contributed by atoms with Gasteiger partial charge in [-0.05, 0) is 28.1 Å². The molecule has 4 rings (SSSR count). The number of nitrogens with one attached hydrogen (secondary N) is 2. The summed E-state index contributed by atoms with van der Waals surface area (Å²) in [5.41, 5.74) is 3.28. The van der Waals surface area contributed by atoms with Gasteiger partial charge in [0.25, 0.3) is 0 Å². The molecule has 0 amide bonds. The fourth-order valence-electron chi connectivity index (χ4n) is 2.18. The van der Waals surface area contributed by atoms with E-state index in [9.17, 15) is 0 Å². The highest BCUT2D eigenvalue weighted by Crippen LogP contribution is 2.16. The van der Waals surface area contributed by atoms with Crippen LogP contribution in [0.1, 0.15) is 5.69 Å². The van der Waals surface area contributed by atoms with E-state index in [1.807, 2.05) is 28.9 Å².